The molecular weight excluding hydrogens is 453 g/mol. The van der Waals surface area contributed by atoms with Gasteiger partial charge in [0.25, 0.3) is 0 Å². The number of aromatic carboxylic acids is 1. The van der Waals surface area contributed by atoms with Crippen LogP contribution in [-0.4, -0.2) is 33.0 Å². The van der Waals surface area contributed by atoms with Crippen molar-refractivity contribution in [2.45, 2.75) is 10.9 Å². The zero-order valence-electron chi connectivity index (χ0n) is 16.8. The second kappa shape index (κ2) is 9.42. The summed E-state index contributed by atoms with van der Waals surface area (Å²) in [7, 11) is 1.59. The Balaban J connectivity index is 1.72. The highest BCUT2D eigenvalue weighted by molar-refractivity contribution is 7.98. The molecule has 1 heterocycles. The standard InChI is InChI=1S/C23H17ClFN3O3S/c1-31-18-9-5-15(6-10-18)21-26-27-23(32-13-14-2-11-19(24)20(25)12-14)28(21)17-7-3-16(4-8-17)22(29)30/h2-12H,13H2,1H3,(H,29,30). The quantitative estimate of drug-likeness (QED) is 0.348. The highest BCUT2D eigenvalue weighted by Gasteiger charge is 2.17. The summed E-state index contributed by atoms with van der Waals surface area (Å²) in [5.74, 6) is 0.261. The minimum atomic E-state index is -1.00. The van der Waals surface area contributed by atoms with Crippen LogP contribution in [0.5, 0.6) is 5.75 Å². The number of carboxylic acids is 1. The van der Waals surface area contributed by atoms with Gasteiger partial charge in [0.1, 0.15) is 11.6 Å². The van der Waals surface area contributed by atoms with Crippen molar-refractivity contribution in [3.63, 3.8) is 0 Å². The lowest BCUT2D eigenvalue weighted by molar-refractivity contribution is 0.0697. The number of hydrogen-bond donors (Lipinski definition) is 1. The van der Waals surface area contributed by atoms with Crippen molar-refractivity contribution >= 4 is 29.3 Å². The number of benzene rings is 3. The van der Waals surface area contributed by atoms with Crippen LogP contribution < -0.4 is 4.74 Å². The summed E-state index contributed by atoms with van der Waals surface area (Å²) in [5.41, 5.74) is 2.44. The highest BCUT2D eigenvalue weighted by Crippen LogP contribution is 2.31. The predicted molar refractivity (Wildman–Crippen MR) is 121 cm³/mol. The van der Waals surface area contributed by atoms with E-state index in [1.165, 1.54) is 36.0 Å². The molecule has 1 aromatic heterocycles. The Kier molecular flexibility index (Phi) is 6.43. The van der Waals surface area contributed by atoms with Gasteiger partial charge in [-0.05, 0) is 66.2 Å². The third kappa shape index (κ3) is 4.61. The fourth-order valence-electron chi connectivity index (χ4n) is 3.05. The number of rotatable bonds is 7. The van der Waals surface area contributed by atoms with E-state index in [1.807, 2.05) is 28.8 Å². The first-order valence-electron chi connectivity index (χ1n) is 9.46. The largest absolute Gasteiger partial charge is 0.497 e. The monoisotopic (exact) mass is 469 g/mol. The third-order valence-corrected chi connectivity index (χ3v) is 6.01. The van der Waals surface area contributed by atoms with Gasteiger partial charge in [-0.15, -0.1) is 10.2 Å². The van der Waals surface area contributed by atoms with Crippen LogP contribution in [0.25, 0.3) is 17.1 Å². The van der Waals surface area contributed by atoms with Crippen LogP contribution in [0.1, 0.15) is 15.9 Å². The third-order valence-electron chi connectivity index (χ3n) is 4.71. The van der Waals surface area contributed by atoms with Gasteiger partial charge in [-0.2, -0.15) is 0 Å². The number of carbonyl (C=O) groups is 1. The van der Waals surface area contributed by atoms with Gasteiger partial charge in [-0.3, -0.25) is 4.57 Å². The molecule has 0 radical (unpaired) electrons. The molecule has 0 saturated heterocycles. The van der Waals surface area contributed by atoms with Gasteiger partial charge in [-0.25, -0.2) is 9.18 Å². The molecule has 9 heteroatoms. The van der Waals surface area contributed by atoms with Gasteiger partial charge in [-0.1, -0.05) is 29.4 Å². The highest BCUT2D eigenvalue weighted by atomic mass is 35.5. The summed E-state index contributed by atoms with van der Waals surface area (Å²) in [5, 5.41) is 18.5. The fourth-order valence-corrected chi connectivity index (χ4v) is 4.07. The zero-order chi connectivity index (χ0) is 22.7. The van der Waals surface area contributed by atoms with Crippen molar-refractivity contribution in [2.24, 2.45) is 0 Å². The Morgan fingerprint density at radius 2 is 1.81 bits per heavy atom. The van der Waals surface area contributed by atoms with Crippen LogP contribution in [0.2, 0.25) is 5.02 Å². The van der Waals surface area contributed by atoms with Crippen LogP contribution in [0.4, 0.5) is 4.39 Å². The molecule has 0 atom stereocenters. The first-order valence-corrected chi connectivity index (χ1v) is 10.8. The molecular formula is C23H17ClFN3O3S. The molecule has 0 unspecified atom stereocenters. The van der Waals surface area contributed by atoms with Gasteiger partial charge in [0, 0.05) is 17.0 Å². The SMILES string of the molecule is COc1ccc(-c2nnc(SCc3ccc(Cl)c(F)c3)n2-c2ccc(C(=O)O)cc2)cc1. The van der Waals surface area contributed by atoms with E-state index in [9.17, 15) is 14.3 Å². The topological polar surface area (TPSA) is 77.2 Å². The molecule has 0 fully saturated rings. The molecule has 4 rings (SSSR count). The maximum atomic E-state index is 13.8. The number of ether oxygens (including phenoxy) is 1. The summed E-state index contributed by atoms with van der Waals surface area (Å²) in [6.07, 6.45) is 0. The number of halogens is 2. The van der Waals surface area contributed by atoms with E-state index in [1.54, 1.807) is 25.3 Å². The van der Waals surface area contributed by atoms with Crippen LogP contribution in [0.15, 0.2) is 71.9 Å². The Hall–Kier alpha value is -3.36. The lowest BCUT2D eigenvalue weighted by Crippen LogP contribution is -2.02. The number of nitrogens with zero attached hydrogens (tertiary/aromatic N) is 3. The van der Waals surface area contributed by atoms with E-state index in [2.05, 4.69) is 10.2 Å². The number of carboxylic acid groups (broad SMARTS) is 1. The molecule has 0 aliphatic heterocycles. The second-order valence-electron chi connectivity index (χ2n) is 6.76. The average Bonchev–Trinajstić information content (AvgIpc) is 3.24. The number of aromatic nitrogens is 3. The summed E-state index contributed by atoms with van der Waals surface area (Å²) >= 11 is 7.15. The lowest BCUT2D eigenvalue weighted by atomic mass is 10.2. The molecule has 0 aliphatic rings. The molecule has 32 heavy (non-hydrogen) atoms. The minimum Gasteiger partial charge on any atom is -0.497 e. The van der Waals surface area contributed by atoms with Gasteiger partial charge in [0.2, 0.25) is 0 Å². The maximum Gasteiger partial charge on any atom is 0.335 e. The van der Waals surface area contributed by atoms with Crippen molar-refractivity contribution in [3.8, 4) is 22.8 Å². The Morgan fingerprint density at radius 3 is 2.44 bits per heavy atom. The van der Waals surface area contributed by atoms with Crippen molar-refractivity contribution in [1.82, 2.24) is 14.8 Å². The summed E-state index contributed by atoms with van der Waals surface area (Å²) < 4.78 is 20.9. The lowest BCUT2D eigenvalue weighted by Gasteiger charge is -2.11. The first-order chi connectivity index (χ1) is 15.5. The average molecular weight is 470 g/mol. The summed E-state index contributed by atoms with van der Waals surface area (Å²) in [4.78, 5) is 11.2. The van der Waals surface area contributed by atoms with E-state index in [0.29, 0.717) is 28.2 Å². The van der Waals surface area contributed by atoms with Crippen molar-refractivity contribution < 1.29 is 19.0 Å². The Bertz CT molecular complexity index is 1260. The van der Waals surface area contributed by atoms with E-state index in [-0.39, 0.29) is 10.6 Å². The van der Waals surface area contributed by atoms with Crippen LogP contribution in [0.3, 0.4) is 0 Å². The predicted octanol–water partition coefficient (Wildman–Crippen LogP) is 5.73. The molecule has 6 nitrogen and oxygen atoms in total. The minimum absolute atomic E-state index is 0.0715. The molecule has 0 saturated carbocycles. The first kappa shape index (κ1) is 21.9. The van der Waals surface area contributed by atoms with Gasteiger partial charge < -0.3 is 9.84 Å². The summed E-state index contributed by atoms with van der Waals surface area (Å²) in [6, 6.07) is 18.5. The molecule has 0 aliphatic carbocycles. The fraction of sp³-hybridized carbons (Fsp3) is 0.0870. The molecule has 3 aromatic carbocycles. The number of methoxy groups -OCH3 is 1. The van der Waals surface area contributed by atoms with Gasteiger partial charge in [0.05, 0.1) is 17.7 Å². The molecule has 1 N–H and O–H groups in total. The van der Waals surface area contributed by atoms with E-state index < -0.39 is 11.8 Å². The molecule has 162 valence electrons. The van der Waals surface area contributed by atoms with Crippen molar-refractivity contribution in [2.75, 3.05) is 7.11 Å². The second-order valence-corrected chi connectivity index (χ2v) is 8.11. The van der Waals surface area contributed by atoms with Crippen molar-refractivity contribution in [1.29, 1.82) is 0 Å². The molecule has 0 spiro atoms. The Labute approximate surface area is 192 Å². The Morgan fingerprint density at radius 1 is 1.09 bits per heavy atom. The van der Waals surface area contributed by atoms with Crippen LogP contribution in [-0.2, 0) is 5.75 Å². The van der Waals surface area contributed by atoms with Crippen LogP contribution in [0, 0.1) is 5.82 Å². The van der Waals surface area contributed by atoms with Crippen LogP contribution >= 0.6 is 23.4 Å². The van der Waals surface area contributed by atoms with Crippen molar-refractivity contribution in [3.05, 3.63) is 88.7 Å². The van der Waals surface area contributed by atoms with E-state index >= 15 is 0 Å². The van der Waals surface area contributed by atoms with E-state index in [0.717, 1.165) is 11.1 Å². The molecule has 0 bridgehead atoms. The van der Waals surface area contributed by atoms with Gasteiger partial charge >= 0.3 is 5.97 Å². The number of hydrogen-bond acceptors (Lipinski definition) is 5. The number of thioether (sulfide) groups is 1. The zero-order valence-corrected chi connectivity index (χ0v) is 18.4. The molecule has 4 aromatic rings. The maximum absolute atomic E-state index is 13.8. The van der Waals surface area contributed by atoms with E-state index in [4.69, 9.17) is 16.3 Å². The normalized spacial score (nSPS) is 10.8. The molecule has 0 amide bonds. The summed E-state index contributed by atoms with van der Waals surface area (Å²) in [6.45, 7) is 0. The van der Waals surface area contributed by atoms with Gasteiger partial charge in [0.15, 0.2) is 11.0 Å². The smallest absolute Gasteiger partial charge is 0.335 e.